The van der Waals surface area contributed by atoms with Crippen molar-refractivity contribution in [3.63, 3.8) is 0 Å². The second-order valence-corrected chi connectivity index (χ2v) is 6.04. The topological polar surface area (TPSA) is 91.1 Å². The second kappa shape index (κ2) is 5.41. The molecule has 2 aromatic rings. The van der Waals surface area contributed by atoms with E-state index in [9.17, 15) is 13.2 Å². The summed E-state index contributed by atoms with van der Waals surface area (Å²) < 4.78 is 24.0. The molecule has 1 aromatic carbocycles. The zero-order valence-corrected chi connectivity index (χ0v) is 11.3. The molecule has 7 heteroatoms. The highest BCUT2D eigenvalue weighted by Gasteiger charge is 2.06. The molecular weight excluding hydrogens is 266 g/mol. The Bertz CT molecular complexity index is 691. The highest BCUT2D eigenvalue weighted by Crippen LogP contribution is 2.13. The first-order valence-electron chi connectivity index (χ1n) is 5.76. The van der Waals surface area contributed by atoms with Gasteiger partial charge < -0.3 is 10.3 Å². The average molecular weight is 281 g/mol. The first-order chi connectivity index (χ1) is 8.96. The summed E-state index contributed by atoms with van der Waals surface area (Å²) in [6.45, 7) is 0.421. The van der Waals surface area contributed by atoms with Crippen molar-refractivity contribution in [1.82, 2.24) is 15.0 Å². The highest BCUT2D eigenvalue weighted by molar-refractivity contribution is 7.88. The van der Waals surface area contributed by atoms with E-state index in [0.29, 0.717) is 5.56 Å². The summed E-state index contributed by atoms with van der Waals surface area (Å²) in [5.74, 6) is -0.230. The summed E-state index contributed by atoms with van der Waals surface area (Å²) in [6.07, 6.45) is 2.89. The molecule has 1 amide bonds. The molecule has 0 aliphatic carbocycles. The van der Waals surface area contributed by atoms with E-state index in [-0.39, 0.29) is 19.0 Å². The van der Waals surface area contributed by atoms with Gasteiger partial charge in [0.05, 0.1) is 6.26 Å². The summed E-state index contributed by atoms with van der Waals surface area (Å²) >= 11 is 0. The number of hydrogen-bond acceptors (Lipinski definition) is 3. The molecule has 2 rings (SSSR count). The van der Waals surface area contributed by atoms with E-state index in [1.807, 2.05) is 18.3 Å². The SMILES string of the molecule is CS(=O)(=O)NCCNC(=O)c1ccc2cc[nH]c2c1. The van der Waals surface area contributed by atoms with E-state index in [1.54, 1.807) is 12.1 Å². The van der Waals surface area contributed by atoms with Crippen molar-refractivity contribution in [1.29, 1.82) is 0 Å². The van der Waals surface area contributed by atoms with Gasteiger partial charge in [0.15, 0.2) is 0 Å². The maximum Gasteiger partial charge on any atom is 0.251 e. The first-order valence-corrected chi connectivity index (χ1v) is 7.65. The molecule has 0 aliphatic rings. The normalized spacial score (nSPS) is 11.6. The number of benzene rings is 1. The van der Waals surface area contributed by atoms with Crippen LogP contribution in [0.5, 0.6) is 0 Å². The largest absolute Gasteiger partial charge is 0.361 e. The zero-order chi connectivity index (χ0) is 13.9. The van der Waals surface area contributed by atoms with Gasteiger partial charge in [-0.25, -0.2) is 13.1 Å². The predicted molar refractivity (Wildman–Crippen MR) is 73.5 cm³/mol. The molecule has 3 N–H and O–H groups in total. The van der Waals surface area contributed by atoms with Gasteiger partial charge in [-0.05, 0) is 23.6 Å². The lowest BCUT2D eigenvalue weighted by Crippen LogP contribution is -2.34. The predicted octanol–water partition coefficient (Wildman–Crippen LogP) is 0.447. The summed E-state index contributed by atoms with van der Waals surface area (Å²) in [7, 11) is -3.21. The van der Waals surface area contributed by atoms with Crippen LogP contribution in [0.4, 0.5) is 0 Å². The highest BCUT2D eigenvalue weighted by atomic mass is 32.2. The minimum absolute atomic E-state index is 0.176. The molecule has 0 aliphatic heterocycles. The summed E-state index contributed by atoms with van der Waals surface area (Å²) in [4.78, 5) is 14.9. The average Bonchev–Trinajstić information content (AvgIpc) is 2.80. The van der Waals surface area contributed by atoms with Crippen molar-refractivity contribution in [3.8, 4) is 0 Å². The third kappa shape index (κ3) is 3.80. The van der Waals surface area contributed by atoms with E-state index >= 15 is 0 Å². The molecular formula is C12H15N3O3S. The molecule has 0 saturated carbocycles. The van der Waals surface area contributed by atoms with Gasteiger partial charge in [-0.2, -0.15) is 0 Å². The molecule has 0 fully saturated rings. The number of amides is 1. The Morgan fingerprint density at radius 3 is 2.79 bits per heavy atom. The van der Waals surface area contributed by atoms with Crippen molar-refractivity contribution in [3.05, 3.63) is 36.0 Å². The van der Waals surface area contributed by atoms with Crippen molar-refractivity contribution in [2.75, 3.05) is 19.3 Å². The molecule has 102 valence electrons. The van der Waals surface area contributed by atoms with Crippen LogP contribution in [0.25, 0.3) is 10.9 Å². The Kier molecular flexibility index (Phi) is 3.87. The Labute approximate surface area is 111 Å². The fourth-order valence-electron chi connectivity index (χ4n) is 1.70. The Balaban J connectivity index is 1.92. The van der Waals surface area contributed by atoms with Crippen molar-refractivity contribution in [2.24, 2.45) is 0 Å². The number of sulfonamides is 1. The maximum absolute atomic E-state index is 11.8. The van der Waals surface area contributed by atoms with E-state index in [2.05, 4.69) is 15.0 Å². The molecule has 6 nitrogen and oxygen atoms in total. The molecule has 0 atom stereocenters. The number of H-pyrrole nitrogens is 1. The molecule has 19 heavy (non-hydrogen) atoms. The Hall–Kier alpha value is -1.86. The van der Waals surface area contributed by atoms with Gasteiger partial charge in [0.25, 0.3) is 5.91 Å². The number of hydrogen-bond donors (Lipinski definition) is 3. The minimum Gasteiger partial charge on any atom is -0.361 e. The molecule has 0 unspecified atom stereocenters. The van der Waals surface area contributed by atoms with Crippen LogP contribution in [0.3, 0.4) is 0 Å². The fourth-order valence-corrected chi connectivity index (χ4v) is 2.18. The summed E-state index contributed by atoms with van der Waals surface area (Å²) in [5.41, 5.74) is 1.43. The van der Waals surface area contributed by atoms with Gasteiger partial charge in [0, 0.05) is 30.4 Å². The third-order valence-electron chi connectivity index (χ3n) is 2.59. The lowest BCUT2D eigenvalue weighted by Gasteiger charge is -2.05. The molecule has 1 heterocycles. The zero-order valence-electron chi connectivity index (χ0n) is 10.4. The number of aromatic nitrogens is 1. The van der Waals surface area contributed by atoms with Gasteiger partial charge in [-0.3, -0.25) is 4.79 Å². The molecule has 1 aromatic heterocycles. The van der Waals surface area contributed by atoms with Crippen LogP contribution < -0.4 is 10.0 Å². The van der Waals surface area contributed by atoms with Gasteiger partial charge in [-0.1, -0.05) is 6.07 Å². The summed E-state index contributed by atoms with van der Waals surface area (Å²) in [5, 5.41) is 3.69. The van der Waals surface area contributed by atoms with Gasteiger partial charge in [0.2, 0.25) is 10.0 Å². The standard InChI is InChI=1S/C12H15N3O3S/c1-19(17,18)15-7-6-14-12(16)10-3-2-9-4-5-13-11(9)8-10/h2-5,8,13,15H,6-7H2,1H3,(H,14,16). The number of nitrogens with one attached hydrogen (secondary N) is 3. The van der Waals surface area contributed by atoms with E-state index in [0.717, 1.165) is 17.2 Å². The number of fused-ring (bicyclic) bond motifs is 1. The van der Waals surface area contributed by atoms with Gasteiger partial charge in [0.1, 0.15) is 0 Å². The van der Waals surface area contributed by atoms with Crippen LogP contribution in [0, 0.1) is 0 Å². The van der Waals surface area contributed by atoms with E-state index in [4.69, 9.17) is 0 Å². The molecule has 0 spiro atoms. The lowest BCUT2D eigenvalue weighted by molar-refractivity contribution is 0.0954. The molecule has 0 bridgehead atoms. The number of rotatable bonds is 5. The Morgan fingerprint density at radius 1 is 1.26 bits per heavy atom. The number of aromatic amines is 1. The lowest BCUT2D eigenvalue weighted by atomic mass is 10.1. The van der Waals surface area contributed by atoms with Gasteiger partial charge in [-0.15, -0.1) is 0 Å². The first kappa shape index (κ1) is 13.6. The van der Waals surface area contributed by atoms with Crippen molar-refractivity contribution >= 4 is 26.8 Å². The van der Waals surface area contributed by atoms with Gasteiger partial charge >= 0.3 is 0 Å². The maximum atomic E-state index is 11.8. The van der Waals surface area contributed by atoms with E-state index in [1.165, 1.54) is 0 Å². The van der Waals surface area contributed by atoms with Crippen LogP contribution in [-0.2, 0) is 10.0 Å². The van der Waals surface area contributed by atoms with Crippen LogP contribution in [0.15, 0.2) is 30.5 Å². The monoisotopic (exact) mass is 281 g/mol. The number of carbonyl (C=O) groups is 1. The van der Waals surface area contributed by atoms with Crippen LogP contribution >= 0.6 is 0 Å². The van der Waals surface area contributed by atoms with Crippen molar-refractivity contribution < 1.29 is 13.2 Å². The second-order valence-electron chi connectivity index (χ2n) is 4.20. The smallest absolute Gasteiger partial charge is 0.251 e. The fraction of sp³-hybridized carbons (Fsp3) is 0.250. The van der Waals surface area contributed by atoms with E-state index < -0.39 is 10.0 Å². The molecule has 0 saturated heterocycles. The Morgan fingerprint density at radius 2 is 2.05 bits per heavy atom. The quantitative estimate of drug-likeness (QED) is 0.695. The van der Waals surface area contributed by atoms with Crippen LogP contribution in [0.1, 0.15) is 10.4 Å². The molecule has 0 radical (unpaired) electrons. The third-order valence-corrected chi connectivity index (χ3v) is 3.32. The minimum atomic E-state index is -3.21. The number of carbonyl (C=O) groups excluding carboxylic acids is 1. The van der Waals surface area contributed by atoms with Crippen LogP contribution in [0.2, 0.25) is 0 Å². The van der Waals surface area contributed by atoms with Crippen LogP contribution in [-0.4, -0.2) is 38.7 Å². The van der Waals surface area contributed by atoms with Crippen molar-refractivity contribution in [2.45, 2.75) is 0 Å². The summed E-state index contributed by atoms with van der Waals surface area (Å²) in [6, 6.07) is 7.27.